The van der Waals surface area contributed by atoms with Crippen LogP contribution in [0.2, 0.25) is 0 Å². The van der Waals surface area contributed by atoms with Crippen molar-refractivity contribution in [2.75, 3.05) is 11.9 Å². The quantitative estimate of drug-likeness (QED) is 0.903. The third-order valence-corrected chi connectivity index (χ3v) is 3.49. The van der Waals surface area contributed by atoms with Gasteiger partial charge in [0.25, 0.3) is 0 Å². The Morgan fingerprint density at radius 2 is 2.42 bits per heavy atom. The summed E-state index contributed by atoms with van der Waals surface area (Å²) in [7, 11) is 0. The van der Waals surface area contributed by atoms with Crippen molar-refractivity contribution in [3.8, 4) is 6.07 Å². The molecule has 1 aliphatic rings. The van der Waals surface area contributed by atoms with Crippen molar-refractivity contribution in [3.63, 3.8) is 0 Å². The lowest BCUT2D eigenvalue weighted by molar-refractivity contribution is -0.00614. The molecule has 1 N–H and O–H groups in total. The lowest BCUT2D eigenvalue weighted by Crippen LogP contribution is -2.45. The monoisotopic (exact) mass is 262 g/mol. The van der Waals surface area contributed by atoms with Gasteiger partial charge in [-0.05, 0) is 24.6 Å². The fourth-order valence-corrected chi connectivity index (χ4v) is 2.54. The van der Waals surface area contributed by atoms with Crippen molar-refractivity contribution in [1.29, 1.82) is 5.26 Å². The molecule has 0 radical (unpaired) electrons. The molecule has 19 heavy (non-hydrogen) atoms. The van der Waals surface area contributed by atoms with Gasteiger partial charge in [0.05, 0.1) is 18.8 Å². The van der Waals surface area contributed by atoms with Crippen LogP contribution in [0.3, 0.4) is 0 Å². The Labute approximate surface area is 113 Å². The molecule has 3 nitrogen and oxygen atoms in total. The van der Waals surface area contributed by atoms with Gasteiger partial charge in [0.15, 0.2) is 0 Å². The largest absolute Gasteiger partial charge is 0.378 e. The van der Waals surface area contributed by atoms with E-state index in [1.54, 1.807) is 12.1 Å². The first-order chi connectivity index (χ1) is 9.17. The second-order valence-corrected chi connectivity index (χ2v) is 5.06. The minimum atomic E-state index is -0.647. The van der Waals surface area contributed by atoms with Gasteiger partial charge in [0.2, 0.25) is 0 Å². The van der Waals surface area contributed by atoms with Gasteiger partial charge in [-0.15, -0.1) is 0 Å². The molecule has 0 aliphatic carbocycles. The summed E-state index contributed by atoms with van der Waals surface area (Å²) in [6.07, 6.45) is 3.37. The Kier molecular flexibility index (Phi) is 4.39. The highest BCUT2D eigenvalue weighted by Gasteiger charge is 2.37. The van der Waals surface area contributed by atoms with E-state index in [0.29, 0.717) is 25.1 Å². The second-order valence-electron chi connectivity index (χ2n) is 5.06. The summed E-state index contributed by atoms with van der Waals surface area (Å²) in [6, 6.07) is 8.61. The predicted octanol–water partition coefficient (Wildman–Crippen LogP) is 3.48. The van der Waals surface area contributed by atoms with E-state index in [0.717, 1.165) is 12.8 Å². The number of ether oxygens (including phenoxy) is 1. The van der Waals surface area contributed by atoms with Gasteiger partial charge >= 0.3 is 0 Å². The summed E-state index contributed by atoms with van der Waals surface area (Å²) in [5.74, 6) is -0.296. The fraction of sp³-hybridized carbons (Fsp3) is 0.533. The minimum absolute atomic E-state index is 0.111. The highest BCUT2D eigenvalue weighted by atomic mass is 19.1. The fourth-order valence-electron chi connectivity index (χ4n) is 2.54. The van der Waals surface area contributed by atoms with E-state index in [-0.39, 0.29) is 11.9 Å². The summed E-state index contributed by atoms with van der Waals surface area (Å²) >= 11 is 0. The number of benzene rings is 1. The van der Waals surface area contributed by atoms with Crippen molar-refractivity contribution < 1.29 is 9.13 Å². The summed E-state index contributed by atoms with van der Waals surface area (Å²) in [4.78, 5) is 0. The topological polar surface area (TPSA) is 45.0 Å². The van der Waals surface area contributed by atoms with Crippen molar-refractivity contribution in [2.24, 2.45) is 0 Å². The molecular formula is C15H19FN2O. The molecule has 2 rings (SSSR count). The van der Waals surface area contributed by atoms with Crippen molar-refractivity contribution in [3.05, 3.63) is 30.1 Å². The number of halogens is 1. The number of nitrogens with one attached hydrogen (secondary N) is 1. The van der Waals surface area contributed by atoms with Crippen LogP contribution in [0.25, 0.3) is 0 Å². The molecule has 1 saturated heterocycles. The molecule has 0 spiro atoms. The van der Waals surface area contributed by atoms with E-state index in [9.17, 15) is 9.65 Å². The molecule has 0 aromatic heterocycles. The SMILES string of the molecule is CCCC1CC(C#N)(Nc2cccc(F)c2)CCO1. The lowest BCUT2D eigenvalue weighted by atomic mass is 9.86. The zero-order chi connectivity index (χ0) is 13.7. The summed E-state index contributed by atoms with van der Waals surface area (Å²) in [6.45, 7) is 2.67. The third-order valence-electron chi connectivity index (χ3n) is 3.49. The Morgan fingerprint density at radius 1 is 1.58 bits per heavy atom. The molecule has 2 atom stereocenters. The van der Waals surface area contributed by atoms with Crippen LogP contribution in [0.15, 0.2) is 24.3 Å². The molecule has 2 unspecified atom stereocenters. The molecule has 0 saturated carbocycles. The van der Waals surface area contributed by atoms with E-state index >= 15 is 0 Å². The van der Waals surface area contributed by atoms with E-state index < -0.39 is 5.54 Å². The number of rotatable bonds is 4. The average Bonchev–Trinajstić information content (AvgIpc) is 2.39. The van der Waals surface area contributed by atoms with Gasteiger partial charge in [0.1, 0.15) is 11.4 Å². The van der Waals surface area contributed by atoms with Crippen LogP contribution >= 0.6 is 0 Å². The number of nitriles is 1. The van der Waals surface area contributed by atoms with Gasteiger partial charge in [-0.2, -0.15) is 5.26 Å². The molecule has 1 heterocycles. The number of hydrogen-bond donors (Lipinski definition) is 1. The maximum atomic E-state index is 13.2. The highest BCUT2D eigenvalue weighted by molar-refractivity contribution is 5.48. The van der Waals surface area contributed by atoms with Crippen LogP contribution in [0.4, 0.5) is 10.1 Å². The lowest BCUT2D eigenvalue weighted by Gasteiger charge is -2.37. The van der Waals surface area contributed by atoms with Crippen molar-refractivity contribution in [1.82, 2.24) is 0 Å². The zero-order valence-electron chi connectivity index (χ0n) is 11.2. The van der Waals surface area contributed by atoms with Crippen LogP contribution in [-0.2, 0) is 4.74 Å². The Morgan fingerprint density at radius 3 is 3.11 bits per heavy atom. The molecule has 0 bridgehead atoms. The third kappa shape index (κ3) is 3.45. The number of anilines is 1. The van der Waals surface area contributed by atoms with Gasteiger partial charge < -0.3 is 10.1 Å². The highest BCUT2D eigenvalue weighted by Crippen LogP contribution is 2.30. The molecule has 102 valence electrons. The first-order valence-corrected chi connectivity index (χ1v) is 6.74. The molecule has 1 aromatic carbocycles. The standard InChI is InChI=1S/C15H19FN2O/c1-2-4-14-10-15(11-17,7-8-19-14)18-13-6-3-5-12(16)9-13/h3,5-6,9,14,18H,2,4,7-8,10H2,1H3. The Hall–Kier alpha value is -1.60. The Balaban J connectivity index is 2.12. The van der Waals surface area contributed by atoms with Gasteiger partial charge in [-0.1, -0.05) is 19.4 Å². The first-order valence-electron chi connectivity index (χ1n) is 6.74. The van der Waals surface area contributed by atoms with E-state index in [1.165, 1.54) is 12.1 Å². The zero-order valence-corrected chi connectivity index (χ0v) is 11.2. The normalized spacial score (nSPS) is 26.7. The first kappa shape index (κ1) is 13.8. The van der Waals surface area contributed by atoms with Gasteiger partial charge in [0, 0.05) is 18.5 Å². The van der Waals surface area contributed by atoms with E-state index in [4.69, 9.17) is 4.74 Å². The minimum Gasteiger partial charge on any atom is -0.378 e. The van der Waals surface area contributed by atoms with Gasteiger partial charge in [-0.25, -0.2) is 4.39 Å². The summed E-state index contributed by atoms with van der Waals surface area (Å²) in [5.41, 5.74) is 0.00463. The molecule has 1 aromatic rings. The maximum Gasteiger partial charge on any atom is 0.130 e. The predicted molar refractivity (Wildman–Crippen MR) is 72.2 cm³/mol. The number of nitrogens with zero attached hydrogens (tertiary/aromatic N) is 1. The average molecular weight is 262 g/mol. The van der Waals surface area contributed by atoms with Crippen molar-refractivity contribution in [2.45, 2.75) is 44.2 Å². The maximum absolute atomic E-state index is 13.2. The Bertz CT molecular complexity index is 469. The molecule has 4 heteroatoms. The summed E-state index contributed by atoms with van der Waals surface area (Å²) < 4.78 is 18.9. The van der Waals surface area contributed by atoms with Gasteiger partial charge in [-0.3, -0.25) is 0 Å². The molecule has 0 amide bonds. The number of hydrogen-bond acceptors (Lipinski definition) is 3. The van der Waals surface area contributed by atoms with Crippen LogP contribution in [0, 0.1) is 17.1 Å². The molecule has 1 aliphatic heterocycles. The molecule has 1 fully saturated rings. The van der Waals surface area contributed by atoms with E-state index in [1.807, 2.05) is 0 Å². The smallest absolute Gasteiger partial charge is 0.130 e. The van der Waals surface area contributed by atoms with Crippen LogP contribution in [0.5, 0.6) is 0 Å². The summed E-state index contributed by atoms with van der Waals surface area (Å²) in [5, 5.41) is 12.7. The van der Waals surface area contributed by atoms with Crippen LogP contribution < -0.4 is 5.32 Å². The van der Waals surface area contributed by atoms with Crippen LogP contribution in [0.1, 0.15) is 32.6 Å². The van der Waals surface area contributed by atoms with E-state index in [2.05, 4.69) is 18.3 Å². The second kappa shape index (κ2) is 6.03. The van der Waals surface area contributed by atoms with Crippen LogP contribution in [-0.4, -0.2) is 18.2 Å². The van der Waals surface area contributed by atoms with Crippen molar-refractivity contribution >= 4 is 5.69 Å². The molecular weight excluding hydrogens is 243 g/mol.